The average molecular weight is 446 g/mol. The van der Waals surface area contributed by atoms with Crippen LogP contribution >= 0.6 is 46.3 Å². The van der Waals surface area contributed by atoms with Crippen LogP contribution in [-0.2, 0) is 16.0 Å². The minimum Gasteiger partial charge on any atom is -0.462 e. The summed E-state index contributed by atoms with van der Waals surface area (Å²) in [7, 11) is 0. The summed E-state index contributed by atoms with van der Waals surface area (Å²) in [5, 5.41) is 6.36. The Balaban J connectivity index is 2.11. The van der Waals surface area contributed by atoms with E-state index in [0.717, 1.165) is 16.9 Å². The molecular weight excluding hydrogens is 425 g/mol. The molecule has 0 bridgehead atoms. The first kappa shape index (κ1) is 22.1. The van der Waals surface area contributed by atoms with Gasteiger partial charge in [0.05, 0.1) is 22.9 Å². The Bertz CT molecular complexity index is 821. The van der Waals surface area contributed by atoms with Crippen LogP contribution < -0.4 is 5.32 Å². The zero-order valence-electron chi connectivity index (χ0n) is 15.3. The Morgan fingerprint density at radius 2 is 2.04 bits per heavy atom. The van der Waals surface area contributed by atoms with Crippen molar-refractivity contribution < 1.29 is 14.3 Å². The lowest BCUT2D eigenvalue weighted by molar-refractivity contribution is -0.113. The predicted octanol–water partition coefficient (Wildman–Crippen LogP) is 6.16. The number of ether oxygens (including phenoxy) is 1. The molecule has 0 aliphatic carbocycles. The summed E-state index contributed by atoms with van der Waals surface area (Å²) in [5.74, 6) is -0.0913. The standard InChI is InChI=1S/C19H21Cl2NO3S2/c1-4-25-19(24)17-12(7-11(2)3)9-27-18(17)22-16(23)10-26-15-8-13(20)5-6-14(15)21/h5-6,8-9,11H,4,7,10H2,1-3H3,(H,22,23). The number of nitrogens with one attached hydrogen (secondary N) is 1. The van der Waals surface area contributed by atoms with Gasteiger partial charge in [-0.3, -0.25) is 4.79 Å². The quantitative estimate of drug-likeness (QED) is 0.390. The second-order valence-corrected chi connectivity index (χ2v) is 8.94. The number of amides is 1. The first-order valence-corrected chi connectivity index (χ1v) is 11.1. The molecule has 27 heavy (non-hydrogen) atoms. The van der Waals surface area contributed by atoms with Gasteiger partial charge in [-0.05, 0) is 48.4 Å². The van der Waals surface area contributed by atoms with Gasteiger partial charge < -0.3 is 10.1 Å². The number of rotatable bonds is 8. The normalized spacial score (nSPS) is 10.9. The topological polar surface area (TPSA) is 55.4 Å². The van der Waals surface area contributed by atoms with Gasteiger partial charge >= 0.3 is 5.97 Å². The van der Waals surface area contributed by atoms with Crippen LogP contribution in [0.2, 0.25) is 10.0 Å². The number of benzene rings is 1. The molecule has 0 unspecified atom stereocenters. The molecule has 0 aliphatic rings. The molecule has 1 heterocycles. The van der Waals surface area contributed by atoms with Gasteiger partial charge in [-0.1, -0.05) is 37.0 Å². The van der Waals surface area contributed by atoms with E-state index in [2.05, 4.69) is 19.2 Å². The number of halogens is 2. The van der Waals surface area contributed by atoms with Crippen LogP contribution in [0.5, 0.6) is 0 Å². The molecule has 0 atom stereocenters. The molecular formula is C19H21Cl2NO3S2. The number of hydrogen-bond donors (Lipinski definition) is 1. The van der Waals surface area contributed by atoms with E-state index < -0.39 is 5.97 Å². The second kappa shape index (κ2) is 10.4. The van der Waals surface area contributed by atoms with E-state index in [1.807, 2.05) is 5.38 Å². The van der Waals surface area contributed by atoms with Crippen LogP contribution in [0.1, 0.15) is 36.7 Å². The molecule has 2 aromatic rings. The maximum absolute atomic E-state index is 12.4. The van der Waals surface area contributed by atoms with E-state index in [4.69, 9.17) is 27.9 Å². The Hall–Kier alpha value is -1.21. The van der Waals surface area contributed by atoms with Crippen LogP contribution in [0.15, 0.2) is 28.5 Å². The smallest absolute Gasteiger partial charge is 0.341 e. The van der Waals surface area contributed by atoms with Crippen molar-refractivity contribution in [2.75, 3.05) is 17.7 Å². The Labute approximate surface area is 177 Å². The number of thiophene rings is 1. The second-order valence-electron chi connectivity index (χ2n) is 6.20. The van der Waals surface area contributed by atoms with Gasteiger partial charge in [0.25, 0.3) is 0 Å². The summed E-state index contributed by atoms with van der Waals surface area (Å²) in [4.78, 5) is 25.5. The third kappa shape index (κ3) is 6.42. The van der Waals surface area contributed by atoms with Crippen molar-refractivity contribution >= 4 is 63.2 Å². The van der Waals surface area contributed by atoms with Gasteiger partial charge in [0.1, 0.15) is 5.00 Å². The number of anilines is 1. The van der Waals surface area contributed by atoms with Crippen molar-refractivity contribution in [1.29, 1.82) is 0 Å². The highest BCUT2D eigenvalue weighted by atomic mass is 35.5. The Morgan fingerprint density at radius 3 is 2.70 bits per heavy atom. The van der Waals surface area contributed by atoms with Crippen molar-refractivity contribution in [3.05, 3.63) is 44.8 Å². The van der Waals surface area contributed by atoms with E-state index in [0.29, 0.717) is 26.5 Å². The summed E-state index contributed by atoms with van der Waals surface area (Å²) >= 11 is 14.7. The first-order valence-electron chi connectivity index (χ1n) is 8.47. The summed E-state index contributed by atoms with van der Waals surface area (Å²) < 4.78 is 5.17. The van der Waals surface area contributed by atoms with E-state index in [9.17, 15) is 9.59 Å². The van der Waals surface area contributed by atoms with Gasteiger partial charge in [0.2, 0.25) is 5.91 Å². The van der Waals surface area contributed by atoms with Crippen molar-refractivity contribution in [1.82, 2.24) is 0 Å². The summed E-state index contributed by atoms with van der Waals surface area (Å²) in [6.07, 6.45) is 0.743. The fourth-order valence-corrected chi connectivity index (χ4v) is 4.67. The van der Waals surface area contributed by atoms with Crippen LogP contribution in [0.25, 0.3) is 0 Å². The third-order valence-corrected chi connectivity index (χ3v) is 6.16. The molecule has 2 rings (SSSR count). The number of thioether (sulfide) groups is 1. The fourth-order valence-electron chi connectivity index (χ4n) is 2.40. The van der Waals surface area contributed by atoms with Crippen LogP contribution in [-0.4, -0.2) is 24.2 Å². The van der Waals surface area contributed by atoms with E-state index in [1.165, 1.54) is 23.1 Å². The minimum atomic E-state index is -0.407. The first-order chi connectivity index (χ1) is 12.8. The van der Waals surface area contributed by atoms with E-state index in [-0.39, 0.29) is 18.3 Å². The average Bonchev–Trinajstić information content (AvgIpc) is 2.97. The highest BCUT2D eigenvalue weighted by molar-refractivity contribution is 8.00. The maximum atomic E-state index is 12.4. The summed E-state index contributed by atoms with van der Waals surface area (Å²) in [6.45, 7) is 6.20. The van der Waals surface area contributed by atoms with Crippen molar-refractivity contribution in [2.24, 2.45) is 5.92 Å². The zero-order valence-corrected chi connectivity index (χ0v) is 18.5. The largest absolute Gasteiger partial charge is 0.462 e. The van der Waals surface area contributed by atoms with Gasteiger partial charge in [-0.25, -0.2) is 4.79 Å². The lowest BCUT2D eigenvalue weighted by atomic mass is 10.0. The molecule has 8 heteroatoms. The van der Waals surface area contributed by atoms with Crippen molar-refractivity contribution in [3.8, 4) is 0 Å². The molecule has 1 amide bonds. The van der Waals surface area contributed by atoms with E-state index >= 15 is 0 Å². The van der Waals surface area contributed by atoms with Gasteiger partial charge in [-0.2, -0.15) is 0 Å². The maximum Gasteiger partial charge on any atom is 0.341 e. The molecule has 1 aromatic carbocycles. The molecule has 0 spiro atoms. The van der Waals surface area contributed by atoms with Gasteiger partial charge in [0, 0.05) is 9.92 Å². The van der Waals surface area contributed by atoms with Gasteiger partial charge in [0.15, 0.2) is 0 Å². The van der Waals surface area contributed by atoms with Crippen molar-refractivity contribution in [2.45, 2.75) is 32.1 Å². The van der Waals surface area contributed by atoms with Gasteiger partial charge in [-0.15, -0.1) is 23.1 Å². The fraction of sp³-hybridized carbons (Fsp3) is 0.368. The van der Waals surface area contributed by atoms with Crippen LogP contribution in [0, 0.1) is 5.92 Å². The number of hydrogen-bond acceptors (Lipinski definition) is 5. The Morgan fingerprint density at radius 1 is 1.30 bits per heavy atom. The highest BCUT2D eigenvalue weighted by Crippen LogP contribution is 2.32. The predicted molar refractivity (Wildman–Crippen MR) is 115 cm³/mol. The van der Waals surface area contributed by atoms with Crippen LogP contribution in [0.4, 0.5) is 5.00 Å². The SMILES string of the molecule is CCOC(=O)c1c(CC(C)C)csc1NC(=O)CSc1cc(Cl)ccc1Cl. The van der Waals surface area contributed by atoms with Crippen molar-refractivity contribution in [3.63, 3.8) is 0 Å². The van der Waals surface area contributed by atoms with E-state index in [1.54, 1.807) is 25.1 Å². The summed E-state index contributed by atoms with van der Waals surface area (Å²) in [5.41, 5.74) is 1.35. The number of carbonyl (C=O) groups is 2. The lowest BCUT2D eigenvalue weighted by Gasteiger charge is -2.10. The molecule has 0 saturated carbocycles. The highest BCUT2D eigenvalue weighted by Gasteiger charge is 2.22. The molecule has 0 radical (unpaired) electrons. The molecule has 1 N–H and O–H groups in total. The monoisotopic (exact) mass is 445 g/mol. The number of esters is 1. The third-order valence-electron chi connectivity index (χ3n) is 3.48. The zero-order chi connectivity index (χ0) is 20.0. The molecule has 4 nitrogen and oxygen atoms in total. The summed E-state index contributed by atoms with van der Waals surface area (Å²) in [6, 6.07) is 5.11. The lowest BCUT2D eigenvalue weighted by Crippen LogP contribution is -2.17. The number of carbonyl (C=O) groups excluding carboxylic acids is 2. The Kier molecular flexibility index (Phi) is 8.48. The molecule has 1 aromatic heterocycles. The minimum absolute atomic E-state index is 0.153. The molecule has 0 aliphatic heterocycles. The molecule has 146 valence electrons. The molecule has 0 saturated heterocycles. The molecule has 0 fully saturated rings. The van der Waals surface area contributed by atoms with Crippen LogP contribution in [0.3, 0.4) is 0 Å².